The molecule has 118 valence electrons. The largest absolute Gasteiger partial charge is 0.293 e. The minimum atomic E-state index is -0.363. The van der Waals surface area contributed by atoms with Crippen molar-refractivity contribution in [1.82, 2.24) is 15.0 Å². The zero-order valence-corrected chi connectivity index (χ0v) is 15.4. The maximum atomic E-state index is 13.9. The van der Waals surface area contributed by atoms with Crippen molar-refractivity contribution in [1.29, 1.82) is 0 Å². The summed E-state index contributed by atoms with van der Waals surface area (Å²) < 4.78 is 16.7. The monoisotopic (exact) mass is 461 g/mol. The van der Waals surface area contributed by atoms with Crippen LogP contribution < -0.4 is 0 Å². The number of thiophene rings is 1. The van der Waals surface area contributed by atoms with Crippen LogP contribution >= 0.6 is 45.5 Å². The SMILES string of the molecule is O=C(CCc1cn(-c2ccc(I)cc2F)nn1)c1ccc(Cl)s1. The Labute approximate surface area is 154 Å². The topological polar surface area (TPSA) is 47.8 Å². The molecule has 23 heavy (non-hydrogen) atoms. The predicted octanol–water partition coefficient (Wildman–Crippen LogP) is 4.54. The Morgan fingerprint density at radius 3 is 2.87 bits per heavy atom. The van der Waals surface area contributed by atoms with E-state index in [0.29, 0.717) is 33.4 Å². The molecular formula is C15H10ClFIN3OS. The van der Waals surface area contributed by atoms with Gasteiger partial charge >= 0.3 is 0 Å². The van der Waals surface area contributed by atoms with Crippen LogP contribution in [0.3, 0.4) is 0 Å². The molecule has 8 heteroatoms. The number of aryl methyl sites for hydroxylation is 1. The minimum Gasteiger partial charge on any atom is -0.293 e. The quantitative estimate of drug-likeness (QED) is 0.414. The van der Waals surface area contributed by atoms with Gasteiger partial charge < -0.3 is 0 Å². The molecule has 0 saturated carbocycles. The van der Waals surface area contributed by atoms with Gasteiger partial charge in [0.15, 0.2) is 5.78 Å². The molecule has 0 aliphatic rings. The number of benzene rings is 1. The Kier molecular flexibility index (Phi) is 5.08. The molecule has 0 N–H and O–H groups in total. The van der Waals surface area contributed by atoms with E-state index in [9.17, 15) is 9.18 Å². The Bertz CT molecular complexity index is 864. The molecule has 0 unspecified atom stereocenters. The van der Waals surface area contributed by atoms with Gasteiger partial charge in [-0.05, 0) is 52.9 Å². The second-order valence-corrected chi connectivity index (χ2v) is 7.74. The number of nitrogens with zero attached hydrogens (tertiary/aromatic N) is 3. The Morgan fingerprint density at radius 2 is 2.17 bits per heavy atom. The lowest BCUT2D eigenvalue weighted by Gasteiger charge is -2.01. The maximum Gasteiger partial charge on any atom is 0.173 e. The van der Waals surface area contributed by atoms with Crippen molar-refractivity contribution < 1.29 is 9.18 Å². The number of Topliss-reactive ketones (excluding diaryl/α,β-unsaturated/α-hetero) is 1. The van der Waals surface area contributed by atoms with Crippen LogP contribution in [-0.4, -0.2) is 20.8 Å². The number of ketones is 1. The van der Waals surface area contributed by atoms with Crippen molar-refractivity contribution in [2.45, 2.75) is 12.8 Å². The van der Waals surface area contributed by atoms with E-state index in [1.807, 2.05) is 22.6 Å². The number of hydrogen-bond acceptors (Lipinski definition) is 4. The molecule has 0 atom stereocenters. The van der Waals surface area contributed by atoms with E-state index in [2.05, 4.69) is 10.3 Å². The highest BCUT2D eigenvalue weighted by atomic mass is 127. The van der Waals surface area contributed by atoms with Gasteiger partial charge in [0.1, 0.15) is 11.5 Å². The first kappa shape index (κ1) is 16.5. The smallest absolute Gasteiger partial charge is 0.173 e. The fourth-order valence-electron chi connectivity index (χ4n) is 2.03. The summed E-state index contributed by atoms with van der Waals surface area (Å²) in [5.41, 5.74) is 0.972. The Balaban J connectivity index is 1.69. The van der Waals surface area contributed by atoms with Crippen molar-refractivity contribution in [3.05, 3.63) is 60.8 Å². The molecule has 2 aromatic heterocycles. The van der Waals surface area contributed by atoms with E-state index in [1.165, 1.54) is 22.1 Å². The van der Waals surface area contributed by atoms with Gasteiger partial charge in [0.25, 0.3) is 0 Å². The molecule has 3 rings (SSSR count). The van der Waals surface area contributed by atoms with E-state index < -0.39 is 0 Å². The van der Waals surface area contributed by atoms with E-state index in [1.54, 1.807) is 30.5 Å². The van der Waals surface area contributed by atoms with Gasteiger partial charge in [0.05, 0.1) is 21.1 Å². The second kappa shape index (κ2) is 7.06. The average molecular weight is 462 g/mol. The highest BCUT2D eigenvalue weighted by Gasteiger charge is 2.12. The van der Waals surface area contributed by atoms with E-state index >= 15 is 0 Å². The third kappa shape index (κ3) is 3.96. The molecule has 0 amide bonds. The maximum absolute atomic E-state index is 13.9. The fourth-order valence-corrected chi connectivity index (χ4v) is 3.49. The number of hydrogen-bond donors (Lipinski definition) is 0. The summed E-state index contributed by atoms with van der Waals surface area (Å²) in [7, 11) is 0. The Morgan fingerprint density at radius 1 is 1.35 bits per heavy atom. The molecule has 0 fully saturated rings. The van der Waals surface area contributed by atoms with Crippen molar-refractivity contribution in [3.63, 3.8) is 0 Å². The predicted molar refractivity (Wildman–Crippen MR) is 96.0 cm³/mol. The molecule has 4 nitrogen and oxygen atoms in total. The van der Waals surface area contributed by atoms with Gasteiger partial charge in [-0.15, -0.1) is 16.4 Å². The van der Waals surface area contributed by atoms with Crippen LogP contribution in [0, 0.1) is 9.39 Å². The van der Waals surface area contributed by atoms with Crippen LogP contribution in [0.5, 0.6) is 0 Å². The van der Waals surface area contributed by atoms with Gasteiger partial charge in [0.2, 0.25) is 0 Å². The highest BCUT2D eigenvalue weighted by Crippen LogP contribution is 2.23. The lowest BCUT2D eigenvalue weighted by Crippen LogP contribution is -1.99. The normalized spacial score (nSPS) is 10.9. The van der Waals surface area contributed by atoms with Gasteiger partial charge in [-0.1, -0.05) is 16.8 Å². The summed E-state index contributed by atoms with van der Waals surface area (Å²) in [5.74, 6) is -0.352. The zero-order valence-electron chi connectivity index (χ0n) is 11.7. The van der Waals surface area contributed by atoms with E-state index in [4.69, 9.17) is 11.6 Å². The van der Waals surface area contributed by atoms with Gasteiger partial charge in [0, 0.05) is 16.4 Å². The Hall–Kier alpha value is -1.32. The third-order valence-corrected chi connectivity index (χ3v) is 5.10. The first-order chi connectivity index (χ1) is 11.0. The van der Waals surface area contributed by atoms with Crippen LogP contribution in [0.2, 0.25) is 4.34 Å². The molecule has 3 aromatic rings. The van der Waals surface area contributed by atoms with Crippen molar-refractivity contribution in [2.24, 2.45) is 0 Å². The third-order valence-electron chi connectivity index (χ3n) is 3.15. The first-order valence-electron chi connectivity index (χ1n) is 6.68. The fraction of sp³-hybridized carbons (Fsp3) is 0.133. The number of carbonyl (C=O) groups excluding carboxylic acids is 1. The molecule has 1 aromatic carbocycles. The van der Waals surface area contributed by atoms with Crippen LogP contribution in [0.25, 0.3) is 5.69 Å². The van der Waals surface area contributed by atoms with E-state index in [-0.39, 0.29) is 11.6 Å². The molecule has 0 aliphatic heterocycles. The molecule has 2 heterocycles. The lowest BCUT2D eigenvalue weighted by molar-refractivity contribution is 0.0986. The summed E-state index contributed by atoms with van der Waals surface area (Å²) >= 11 is 9.13. The van der Waals surface area contributed by atoms with Gasteiger partial charge in [-0.2, -0.15) is 0 Å². The van der Waals surface area contributed by atoms with Crippen molar-refractivity contribution in [2.75, 3.05) is 0 Å². The highest BCUT2D eigenvalue weighted by molar-refractivity contribution is 14.1. The van der Waals surface area contributed by atoms with Gasteiger partial charge in [-0.25, -0.2) is 9.07 Å². The zero-order chi connectivity index (χ0) is 16.4. The second-order valence-electron chi connectivity index (χ2n) is 4.78. The molecule has 0 saturated heterocycles. The molecule has 0 bridgehead atoms. The summed E-state index contributed by atoms with van der Waals surface area (Å²) in [4.78, 5) is 12.7. The number of halogens is 3. The molecular weight excluding hydrogens is 452 g/mol. The standard InChI is InChI=1S/C15H10ClFIN3OS/c16-15-6-5-14(23-15)13(22)4-2-10-8-21(20-19-10)12-3-1-9(18)7-11(12)17/h1,3,5-8H,2,4H2. The van der Waals surface area contributed by atoms with E-state index in [0.717, 1.165) is 3.57 Å². The first-order valence-corrected chi connectivity index (χ1v) is 8.95. The number of rotatable bonds is 5. The van der Waals surface area contributed by atoms with Crippen molar-refractivity contribution >= 4 is 51.3 Å². The molecule has 0 spiro atoms. The summed E-state index contributed by atoms with van der Waals surface area (Å²) in [5, 5.41) is 7.92. The number of carbonyl (C=O) groups is 1. The summed E-state index contributed by atoms with van der Waals surface area (Å²) in [6.45, 7) is 0. The molecule has 0 aliphatic carbocycles. The summed E-state index contributed by atoms with van der Waals surface area (Å²) in [6, 6.07) is 8.29. The lowest BCUT2D eigenvalue weighted by atomic mass is 10.1. The van der Waals surface area contributed by atoms with Crippen LogP contribution in [-0.2, 0) is 6.42 Å². The van der Waals surface area contributed by atoms with Crippen LogP contribution in [0.15, 0.2) is 36.5 Å². The van der Waals surface area contributed by atoms with Crippen LogP contribution in [0.1, 0.15) is 21.8 Å². The minimum absolute atomic E-state index is 0.0110. The summed E-state index contributed by atoms with van der Waals surface area (Å²) in [6.07, 6.45) is 2.39. The van der Waals surface area contributed by atoms with Crippen molar-refractivity contribution in [3.8, 4) is 5.69 Å². The number of aromatic nitrogens is 3. The molecule has 0 radical (unpaired) electrons. The van der Waals surface area contributed by atoms with Crippen LogP contribution in [0.4, 0.5) is 4.39 Å². The average Bonchev–Trinajstić information content (AvgIpc) is 3.14. The van der Waals surface area contributed by atoms with Gasteiger partial charge in [-0.3, -0.25) is 4.79 Å².